The number of rotatable bonds is 5. The summed E-state index contributed by atoms with van der Waals surface area (Å²) in [5.41, 5.74) is 3.96. The topological polar surface area (TPSA) is 34.1 Å². The number of hydrogen-bond acceptors (Lipinski definition) is 4. The van der Waals surface area contributed by atoms with Crippen molar-refractivity contribution in [2.45, 2.75) is 9.79 Å². The van der Waals surface area contributed by atoms with Crippen LogP contribution in [-0.4, -0.2) is 10.2 Å². The smallest absolute Gasteiger partial charge is 0.216 e. The number of benzene rings is 3. The van der Waals surface area contributed by atoms with Gasteiger partial charge in [-0.05, 0) is 95.3 Å². The van der Waals surface area contributed by atoms with Crippen molar-refractivity contribution in [2.24, 2.45) is 0 Å². The molecule has 0 saturated heterocycles. The number of carbonyl (C=O) groups is 2. The molecule has 0 unspecified atom stereocenters. The molecule has 0 spiro atoms. The van der Waals surface area contributed by atoms with Crippen molar-refractivity contribution in [1.29, 1.82) is 0 Å². The van der Waals surface area contributed by atoms with E-state index in [9.17, 15) is 9.59 Å². The Bertz CT molecular complexity index is 1130. The number of hydrogen-bond donors (Lipinski definition) is 0. The van der Waals surface area contributed by atoms with Gasteiger partial charge in [-0.1, -0.05) is 49.3 Å². The van der Waals surface area contributed by atoms with Gasteiger partial charge in [-0.25, -0.2) is 0 Å². The van der Waals surface area contributed by atoms with E-state index in [-0.39, 0.29) is 10.2 Å². The first-order valence-electron chi connectivity index (χ1n) is 9.08. The highest BCUT2D eigenvalue weighted by Gasteiger charge is 2.02. The molecule has 0 heterocycles. The Morgan fingerprint density at radius 3 is 1.33 bits per heavy atom. The molecule has 0 aliphatic carbocycles. The van der Waals surface area contributed by atoms with Crippen molar-refractivity contribution < 1.29 is 9.59 Å². The van der Waals surface area contributed by atoms with Gasteiger partial charge >= 0.3 is 0 Å². The van der Waals surface area contributed by atoms with Gasteiger partial charge in [-0.2, -0.15) is 0 Å². The van der Waals surface area contributed by atoms with E-state index in [2.05, 4.69) is 25.0 Å². The van der Waals surface area contributed by atoms with Crippen molar-refractivity contribution in [2.75, 3.05) is 0 Å². The van der Waals surface area contributed by atoms with Crippen LogP contribution in [0.4, 0.5) is 0 Å². The van der Waals surface area contributed by atoms with Crippen LogP contribution < -0.4 is 0 Å². The van der Waals surface area contributed by atoms with Crippen LogP contribution in [0.2, 0.25) is 0 Å². The average Bonchev–Trinajstić information content (AvgIpc) is 2.79. The van der Waals surface area contributed by atoms with Gasteiger partial charge < -0.3 is 0 Å². The Labute approximate surface area is 185 Å². The van der Waals surface area contributed by atoms with Crippen LogP contribution in [0.25, 0.3) is 11.1 Å². The Morgan fingerprint density at radius 2 is 0.933 bits per heavy atom. The summed E-state index contributed by atoms with van der Waals surface area (Å²) < 4.78 is 0. The fourth-order valence-corrected chi connectivity index (χ4v) is 3.70. The third-order valence-corrected chi connectivity index (χ3v) is 5.80. The molecule has 146 valence electrons. The van der Waals surface area contributed by atoms with E-state index in [1.807, 2.05) is 72.8 Å². The molecule has 0 saturated carbocycles. The standard InChI is InChI=1S/C26H18O2S2/c1-3-25(27)29-23-15-9-20(10-16-23)6-5-19-7-11-21(12-8-19)22-13-17-24(18-14-22)30-26(28)4-2/h3-4,7-18H,1-2H2. The molecule has 3 aromatic rings. The average molecular weight is 427 g/mol. The third-order valence-electron chi connectivity index (χ3n) is 4.05. The lowest BCUT2D eigenvalue weighted by atomic mass is 10.0. The van der Waals surface area contributed by atoms with E-state index in [4.69, 9.17) is 0 Å². The molecule has 0 radical (unpaired) electrons. The van der Waals surface area contributed by atoms with Crippen LogP contribution in [0.5, 0.6) is 0 Å². The molecule has 3 rings (SSSR count). The second-order valence-electron chi connectivity index (χ2n) is 6.13. The molecule has 0 atom stereocenters. The van der Waals surface area contributed by atoms with Gasteiger partial charge in [0.25, 0.3) is 0 Å². The van der Waals surface area contributed by atoms with E-state index in [1.165, 1.54) is 12.2 Å². The molecule has 0 aliphatic heterocycles. The van der Waals surface area contributed by atoms with Gasteiger partial charge in [-0.15, -0.1) is 0 Å². The highest BCUT2D eigenvalue weighted by molar-refractivity contribution is 8.14. The van der Waals surface area contributed by atoms with Crippen LogP contribution in [0.1, 0.15) is 11.1 Å². The first-order chi connectivity index (χ1) is 14.6. The Hall–Kier alpha value is -3.26. The Kier molecular flexibility index (Phi) is 7.51. The van der Waals surface area contributed by atoms with E-state index >= 15 is 0 Å². The molecular formula is C26H18O2S2. The molecule has 0 aliphatic rings. The fraction of sp³-hybridized carbons (Fsp3) is 0. The van der Waals surface area contributed by atoms with Crippen LogP contribution >= 0.6 is 23.5 Å². The second kappa shape index (κ2) is 10.5. The van der Waals surface area contributed by atoms with E-state index < -0.39 is 0 Å². The zero-order valence-electron chi connectivity index (χ0n) is 16.1. The first-order valence-corrected chi connectivity index (χ1v) is 10.7. The SMILES string of the molecule is C=CC(=O)Sc1ccc(C#Cc2ccc(-c3ccc(SC(=O)C=C)cc3)cc2)cc1. The highest BCUT2D eigenvalue weighted by atomic mass is 32.2. The van der Waals surface area contributed by atoms with Gasteiger partial charge in [0.15, 0.2) is 0 Å². The largest absolute Gasteiger partial charge is 0.282 e. The molecule has 3 aromatic carbocycles. The second-order valence-corrected chi connectivity index (χ2v) is 8.28. The van der Waals surface area contributed by atoms with Crippen LogP contribution in [0.15, 0.2) is 108 Å². The molecule has 2 nitrogen and oxygen atoms in total. The van der Waals surface area contributed by atoms with Gasteiger partial charge in [0.1, 0.15) is 0 Å². The summed E-state index contributed by atoms with van der Waals surface area (Å²) in [6.45, 7) is 6.95. The maximum atomic E-state index is 11.4. The quantitative estimate of drug-likeness (QED) is 0.270. The van der Waals surface area contributed by atoms with Gasteiger partial charge in [-0.3, -0.25) is 9.59 Å². The molecule has 0 N–H and O–H groups in total. The minimum absolute atomic E-state index is 0.0654. The molecule has 0 fully saturated rings. The summed E-state index contributed by atoms with van der Waals surface area (Å²) in [4.78, 5) is 24.6. The zero-order valence-corrected chi connectivity index (χ0v) is 17.8. The summed E-state index contributed by atoms with van der Waals surface area (Å²) >= 11 is 2.31. The zero-order chi connectivity index (χ0) is 21.3. The van der Waals surface area contributed by atoms with Crippen LogP contribution in [0, 0.1) is 11.8 Å². The number of thioether (sulfide) groups is 2. The van der Waals surface area contributed by atoms with Crippen molar-refractivity contribution in [1.82, 2.24) is 0 Å². The summed E-state index contributed by atoms with van der Waals surface area (Å²) in [6, 6.07) is 23.4. The molecule has 4 heteroatoms. The summed E-state index contributed by atoms with van der Waals surface area (Å²) in [5.74, 6) is 6.30. The van der Waals surface area contributed by atoms with E-state index in [0.717, 1.165) is 55.6 Å². The molecule has 30 heavy (non-hydrogen) atoms. The Morgan fingerprint density at radius 1 is 0.600 bits per heavy atom. The number of carbonyl (C=O) groups excluding carboxylic acids is 2. The maximum absolute atomic E-state index is 11.4. The maximum Gasteiger partial charge on any atom is 0.216 e. The van der Waals surface area contributed by atoms with Gasteiger partial charge in [0.05, 0.1) is 0 Å². The molecule has 0 amide bonds. The predicted molar refractivity (Wildman–Crippen MR) is 126 cm³/mol. The normalized spacial score (nSPS) is 9.87. The highest BCUT2D eigenvalue weighted by Crippen LogP contribution is 2.25. The minimum Gasteiger partial charge on any atom is -0.282 e. The lowest BCUT2D eigenvalue weighted by molar-refractivity contribution is -0.107. The lowest BCUT2D eigenvalue weighted by Gasteiger charge is -2.03. The van der Waals surface area contributed by atoms with Gasteiger partial charge in [0, 0.05) is 20.9 Å². The minimum atomic E-state index is -0.0763. The van der Waals surface area contributed by atoms with Gasteiger partial charge in [0.2, 0.25) is 10.2 Å². The monoisotopic (exact) mass is 426 g/mol. The van der Waals surface area contributed by atoms with Crippen LogP contribution in [0.3, 0.4) is 0 Å². The first kappa shape index (κ1) is 21.4. The van der Waals surface area contributed by atoms with Crippen molar-refractivity contribution in [3.63, 3.8) is 0 Å². The molecular weight excluding hydrogens is 408 g/mol. The van der Waals surface area contributed by atoms with E-state index in [1.54, 1.807) is 0 Å². The summed E-state index contributed by atoms with van der Waals surface area (Å²) in [5, 5.41) is -0.142. The predicted octanol–water partition coefficient (Wildman–Crippen LogP) is 6.36. The van der Waals surface area contributed by atoms with E-state index in [0.29, 0.717) is 0 Å². The van der Waals surface area contributed by atoms with Crippen LogP contribution in [-0.2, 0) is 9.59 Å². The summed E-state index contributed by atoms with van der Waals surface area (Å²) in [7, 11) is 0. The summed E-state index contributed by atoms with van der Waals surface area (Å²) in [6.07, 6.45) is 2.62. The third kappa shape index (κ3) is 6.12. The van der Waals surface area contributed by atoms with Crippen molar-refractivity contribution in [3.8, 4) is 23.0 Å². The molecule has 0 aromatic heterocycles. The fourth-order valence-electron chi connectivity index (χ4n) is 2.53. The van der Waals surface area contributed by atoms with Crippen molar-refractivity contribution in [3.05, 3.63) is 109 Å². The molecule has 0 bridgehead atoms. The lowest BCUT2D eigenvalue weighted by Crippen LogP contribution is -1.84. The Balaban J connectivity index is 1.66. The van der Waals surface area contributed by atoms with Crippen molar-refractivity contribution >= 4 is 33.8 Å².